The molecule has 1 heterocycles. The van der Waals surface area contributed by atoms with Crippen molar-refractivity contribution in [1.82, 2.24) is 9.29 Å². The molecule has 27 heavy (non-hydrogen) atoms. The number of rotatable bonds is 6. The summed E-state index contributed by atoms with van der Waals surface area (Å²) in [6, 6.07) is 11.6. The van der Waals surface area contributed by atoms with Gasteiger partial charge in [-0.3, -0.25) is 4.79 Å². The largest absolute Gasteiger partial charge is 0.497 e. The number of amides is 1. The zero-order valence-corrected chi connectivity index (χ0v) is 16.7. The average Bonchev–Trinajstić information content (AvgIpc) is 3.00. The van der Waals surface area contributed by atoms with E-state index < -0.39 is 15.9 Å². The molecule has 0 bridgehead atoms. The first kappa shape index (κ1) is 19.3. The molecule has 0 fully saturated rings. The number of anilines is 1. The summed E-state index contributed by atoms with van der Waals surface area (Å²) in [5, 5.41) is 3.54. The molecule has 3 aromatic rings. The molecule has 0 aliphatic rings. The zero-order valence-electron chi connectivity index (χ0n) is 15.1. The number of hydrogen-bond acceptors (Lipinski definition) is 6. The van der Waals surface area contributed by atoms with Gasteiger partial charge in [0.05, 0.1) is 33.8 Å². The van der Waals surface area contributed by atoms with Crippen molar-refractivity contribution in [2.24, 2.45) is 0 Å². The van der Waals surface area contributed by atoms with E-state index in [1.165, 1.54) is 31.6 Å². The van der Waals surface area contributed by atoms with Crippen molar-refractivity contribution in [3.8, 4) is 5.75 Å². The molecule has 0 saturated heterocycles. The second-order valence-electron chi connectivity index (χ2n) is 5.90. The van der Waals surface area contributed by atoms with Crippen molar-refractivity contribution in [3.63, 3.8) is 0 Å². The maximum Gasteiger partial charge on any atom is 0.243 e. The number of nitrogens with zero attached hydrogens (tertiary/aromatic N) is 2. The number of benzene rings is 2. The highest BCUT2D eigenvalue weighted by molar-refractivity contribution is 7.89. The average molecular weight is 406 g/mol. The molecule has 0 aliphatic heterocycles. The standard InChI is InChI=1S/C18H19N3O4S2/c1-12-19-16-8-7-15(10-17(16)26-12)27(23,24)21(2)11-18(22)20-13-5-4-6-14(9-13)25-3/h4-10H,11H2,1-3H3,(H,20,22). The maximum atomic E-state index is 12.8. The molecule has 7 nitrogen and oxygen atoms in total. The minimum atomic E-state index is -3.79. The normalized spacial score (nSPS) is 11.7. The topological polar surface area (TPSA) is 88.6 Å². The number of methoxy groups -OCH3 is 1. The summed E-state index contributed by atoms with van der Waals surface area (Å²) in [7, 11) is -0.887. The van der Waals surface area contributed by atoms with E-state index in [0.717, 1.165) is 19.5 Å². The summed E-state index contributed by atoms with van der Waals surface area (Å²) in [6.45, 7) is 1.56. The minimum absolute atomic E-state index is 0.135. The van der Waals surface area contributed by atoms with Crippen molar-refractivity contribution in [3.05, 3.63) is 47.5 Å². The second kappa shape index (κ2) is 7.63. The van der Waals surface area contributed by atoms with Crippen molar-refractivity contribution < 1.29 is 17.9 Å². The molecule has 0 radical (unpaired) electrons. The van der Waals surface area contributed by atoms with E-state index in [4.69, 9.17) is 4.74 Å². The number of carbonyl (C=O) groups excluding carboxylic acids is 1. The number of aryl methyl sites for hydroxylation is 1. The van der Waals surface area contributed by atoms with Gasteiger partial charge in [-0.15, -0.1) is 11.3 Å². The van der Waals surface area contributed by atoms with Gasteiger partial charge in [0, 0.05) is 18.8 Å². The van der Waals surface area contributed by atoms with Crippen LogP contribution in [0.25, 0.3) is 10.2 Å². The van der Waals surface area contributed by atoms with E-state index in [0.29, 0.717) is 11.4 Å². The fourth-order valence-corrected chi connectivity index (χ4v) is 4.64. The lowest BCUT2D eigenvalue weighted by atomic mass is 10.3. The van der Waals surface area contributed by atoms with Crippen LogP contribution in [-0.2, 0) is 14.8 Å². The van der Waals surface area contributed by atoms with Crippen LogP contribution < -0.4 is 10.1 Å². The summed E-state index contributed by atoms with van der Waals surface area (Å²) in [4.78, 5) is 16.7. The Balaban J connectivity index is 1.74. The predicted molar refractivity (Wildman–Crippen MR) is 106 cm³/mol. The quantitative estimate of drug-likeness (QED) is 0.681. The van der Waals surface area contributed by atoms with E-state index in [9.17, 15) is 13.2 Å². The zero-order chi connectivity index (χ0) is 19.6. The fourth-order valence-electron chi connectivity index (χ4n) is 2.55. The second-order valence-corrected chi connectivity index (χ2v) is 9.18. The van der Waals surface area contributed by atoms with Crippen LogP contribution in [0.5, 0.6) is 5.75 Å². The number of likely N-dealkylation sites (N-methyl/N-ethyl adjacent to an activating group) is 1. The Kier molecular flexibility index (Phi) is 5.45. The van der Waals surface area contributed by atoms with E-state index in [2.05, 4.69) is 10.3 Å². The third-order valence-corrected chi connectivity index (χ3v) is 6.63. The Hall–Kier alpha value is -2.49. The summed E-state index contributed by atoms with van der Waals surface area (Å²) in [5.74, 6) is 0.158. The number of ether oxygens (including phenoxy) is 1. The maximum absolute atomic E-state index is 12.8. The number of fused-ring (bicyclic) bond motifs is 1. The summed E-state index contributed by atoms with van der Waals surface area (Å²) in [6.07, 6.45) is 0. The van der Waals surface area contributed by atoms with E-state index >= 15 is 0 Å². The van der Waals surface area contributed by atoms with Gasteiger partial charge < -0.3 is 10.1 Å². The number of sulfonamides is 1. The van der Waals surface area contributed by atoms with Crippen LogP contribution in [0.1, 0.15) is 5.01 Å². The number of carbonyl (C=O) groups is 1. The SMILES string of the molecule is COc1cccc(NC(=O)CN(C)S(=O)(=O)c2ccc3nc(C)sc3c2)c1. The lowest BCUT2D eigenvalue weighted by Gasteiger charge is -2.17. The van der Waals surface area contributed by atoms with Gasteiger partial charge in [-0.1, -0.05) is 6.07 Å². The molecular weight excluding hydrogens is 386 g/mol. The molecule has 0 aliphatic carbocycles. The molecule has 0 atom stereocenters. The predicted octanol–water partition coefficient (Wildman–Crippen LogP) is 2.87. The first-order chi connectivity index (χ1) is 12.8. The monoisotopic (exact) mass is 405 g/mol. The van der Waals surface area contributed by atoms with Crippen molar-refractivity contribution in [2.45, 2.75) is 11.8 Å². The lowest BCUT2D eigenvalue weighted by molar-refractivity contribution is -0.116. The molecule has 142 valence electrons. The molecule has 1 N–H and O–H groups in total. The van der Waals surface area contributed by atoms with Gasteiger partial charge in [0.15, 0.2) is 0 Å². The number of hydrogen-bond donors (Lipinski definition) is 1. The van der Waals surface area contributed by atoms with Gasteiger partial charge in [-0.2, -0.15) is 4.31 Å². The van der Waals surface area contributed by atoms with Crippen molar-refractivity contribution >= 4 is 43.2 Å². The van der Waals surface area contributed by atoms with E-state index in [1.807, 2.05) is 6.92 Å². The molecule has 0 spiro atoms. The van der Waals surface area contributed by atoms with Crippen LogP contribution in [0, 0.1) is 6.92 Å². The summed E-state index contributed by atoms with van der Waals surface area (Å²) in [5.41, 5.74) is 1.29. The van der Waals surface area contributed by atoms with E-state index in [1.54, 1.807) is 36.4 Å². The highest BCUT2D eigenvalue weighted by Crippen LogP contribution is 2.26. The van der Waals surface area contributed by atoms with Crippen LogP contribution in [0.3, 0.4) is 0 Å². The molecule has 9 heteroatoms. The Bertz CT molecular complexity index is 1090. The van der Waals surface area contributed by atoms with Crippen LogP contribution in [0.2, 0.25) is 0 Å². The van der Waals surface area contributed by atoms with Gasteiger partial charge in [0.2, 0.25) is 15.9 Å². The van der Waals surface area contributed by atoms with Gasteiger partial charge in [-0.25, -0.2) is 13.4 Å². The molecule has 2 aromatic carbocycles. The van der Waals surface area contributed by atoms with Crippen LogP contribution in [0.15, 0.2) is 47.4 Å². The molecule has 0 saturated carbocycles. The third-order valence-electron chi connectivity index (χ3n) is 3.89. The number of nitrogens with one attached hydrogen (secondary N) is 1. The molecule has 1 aromatic heterocycles. The Morgan fingerprint density at radius 3 is 2.78 bits per heavy atom. The van der Waals surface area contributed by atoms with Crippen molar-refractivity contribution in [2.75, 3.05) is 26.0 Å². The van der Waals surface area contributed by atoms with Gasteiger partial charge in [-0.05, 0) is 37.3 Å². The van der Waals surface area contributed by atoms with Gasteiger partial charge in [0.25, 0.3) is 0 Å². The van der Waals surface area contributed by atoms with Crippen LogP contribution in [-0.4, -0.2) is 44.3 Å². The Morgan fingerprint density at radius 2 is 2.04 bits per heavy atom. The van der Waals surface area contributed by atoms with Crippen molar-refractivity contribution in [1.29, 1.82) is 0 Å². The highest BCUT2D eigenvalue weighted by atomic mass is 32.2. The van der Waals surface area contributed by atoms with Crippen LogP contribution in [0.4, 0.5) is 5.69 Å². The Labute approximate surface area is 161 Å². The summed E-state index contributed by atoms with van der Waals surface area (Å²) >= 11 is 1.43. The number of thiazole rings is 1. The summed E-state index contributed by atoms with van der Waals surface area (Å²) < 4.78 is 32.5. The Morgan fingerprint density at radius 1 is 1.26 bits per heavy atom. The first-order valence-electron chi connectivity index (χ1n) is 8.07. The van der Waals surface area contributed by atoms with Gasteiger partial charge >= 0.3 is 0 Å². The molecular formula is C18H19N3O4S2. The molecule has 1 amide bonds. The molecule has 3 rings (SSSR count). The van der Waals surface area contributed by atoms with E-state index in [-0.39, 0.29) is 11.4 Å². The lowest BCUT2D eigenvalue weighted by Crippen LogP contribution is -2.34. The number of aromatic nitrogens is 1. The smallest absolute Gasteiger partial charge is 0.243 e. The highest BCUT2D eigenvalue weighted by Gasteiger charge is 2.23. The minimum Gasteiger partial charge on any atom is -0.497 e. The first-order valence-corrected chi connectivity index (χ1v) is 10.3. The molecule has 0 unspecified atom stereocenters. The fraction of sp³-hybridized carbons (Fsp3) is 0.222. The van der Waals surface area contributed by atoms with Crippen LogP contribution >= 0.6 is 11.3 Å². The van der Waals surface area contributed by atoms with Gasteiger partial charge in [0.1, 0.15) is 5.75 Å². The third kappa shape index (κ3) is 4.26.